The first-order chi connectivity index (χ1) is 10.2. The predicted molar refractivity (Wildman–Crippen MR) is 85.4 cm³/mol. The van der Waals surface area contributed by atoms with Gasteiger partial charge in [-0.15, -0.1) is 0 Å². The first-order valence-corrected chi connectivity index (χ1v) is 7.24. The molecular formula is C18H21NO2. The van der Waals surface area contributed by atoms with E-state index in [1.54, 1.807) is 0 Å². The van der Waals surface area contributed by atoms with Gasteiger partial charge in [0.15, 0.2) is 0 Å². The number of rotatable bonds is 7. The number of ether oxygens (including phenoxy) is 1. The molecule has 0 fully saturated rings. The molecule has 0 aromatic heterocycles. The van der Waals surface area contributed by atoms with Crippen molar-refractivity contribution in [3.05, 3.63) is 65.7 Å². The van der Waals surface area contributed by atoms with Crippen LogP contribution in [-0.4, -0.2) is 19.1 Å². The van der Waals surface area contributed by atoms with E-state index in [9.17, 15) is 4.79 Å². The molecule has 3 nitrogen and oxygen atoms in total. The van der Waals surface area contributed by atoms with Gasteiger partial charge in [0.05, 0.1) is 6.61 Å². The number of carbonyl (C=O) groups is 1. The van der Waals surface area contributed by atoms with E-state index in [4.69, 9.17) is 4.74 Å². The van der Waals surface area contributed by atoms with Crippen LogP contribution in [0.1, 0.15) is 17.5 Å². The minimum Gasteiger partial charge on any atom is -0.464 e. The van der Waals surface area contributed by atoms with Gasteiger partial charge in [0, 0.05) is 5.69 Å². The molecule has 1 N–H and O–H groups in total. The summed E-state index contributed by atoms with van der Waals surface area (Å²) in [5.74, 6) is -0.219. The maximum atomic E-state index is 11.6. The van der Waals surface area contributed by atoms with Crippen LogP contribution in [0.15, 0.2) is 54.6 Å². The summed E-state index contributed by atoms with van der Waals surface area (Å²) >= 11 is 0. The molecule has 0 amide bonds. The second-order valence-corrected chi connectivity index (χ2v) is 5.03. The van der Waals surface area contributed by atoms with Crippen LogP contribution in [0.4, 0.5) is 5.69 Å². The smallest absolute Gasteiger partial charge is 0.325 e. The van der Waals surface area contributed by atoms with E-state index in [1.165, 1.54) is 11.1 Å². The highest BCUT2D eigenvalue weighted by Gasteiger charge is 2.02. The summed E-state index contributed by atoms with van der Waals surface area (Å²) in [6.07, 6.45) is 1.78. The Morgan fingerprint density at radius 3 is 2.48 bits per heavy atom. The highest BCUT2D eigenvalue weighted by atomic mass is 16.5. The average Bonchev–Trinajstić information content (AvgIpc) is 2.52. The molecule has 0 aliphatic carbocycles. The van der Waals surface area contributed by atoms with Crippen LogP contribution in [0.5, 0.6) is 0 Å². The molecule has 0 aliphatic rings. The van der Waals surface area contributed by atoms with E-state index in [0.717, 1.165) is 18.5 Å². The van der Waals surface area contributed by atoms with Crippen molar-refractivity contribution < 1.29 is 9.53 Å². The van der Waals surface area contributed by atoms with Crippen LogP contribution in [-0.2, 0) is 16.0 Å². The molecule has 2 rings (SSSR count). The zero-order valence-corrected chi connectivity index (χ0v) is 12.3. The predicted octanol–water partition coefficient (Wildman–Crippen LogP) is 3.58. The van der Waals surface area contributed by atoms with E-state index >= 15 is 0 Å². The Labute approximate surface area is 126 Å². The van der Waals surface area contributed by atoms with Crippen LogP contribution < -0.4 is 5.32 Å². The SMILES string of the molecule is Cc1ccc(NCC(=O)OCCCc2ccccc2)cc1. The number of carbonyl (C=O) groups excluding carboxylic acids is 1. The molecule has 0 atom stereocenters. The van der Waals surface area contributed by atoms with Crippen LogP contribution in [0, 0.1) is 6.92 Å². The Hall–Kier alpha value is -2.29. The van der Waals surface area contributed by atoms with Gasteiger partial charge in [-0.1, -0.05) is 48.0 Å². The van der Waals surface area contributed by atoms with Crippen molar-refractivity contribution in [2.45, 2.75) is 19.8 Å². The maximum Gasteiger partial charge on any atom is 0.325 e. The molecule has 0 radical (unpaired) electrons. The van der Waals surface area contributed by atoms with Crippen LogP contribution in [0.2, 0.25) is 0 Å². The summed E-state index contributed by atoms with van der Waals surface area (Å²) in [5.41, 5.74) is 3.40. The Bertz CT molecular complexity index is 549. The first-order valence-electron chi connectivity index (χ1n) is 7.24. The third-order valence-corrected chi connectivity index (χ3v) is 3.20. The molecule has 0 saturated heterocycles. The number of hydrogen-bond donors (Lipinski definition) is 1. The first kappa shape index (κ1) is 15.1. The summed E-state index contributed by atoms with van der Waals surface area (Å²) in [6, 6.07) is 18.1. The molecule has 2 aromatic rings. The fourth-order valence-electron chi connectivity index (χ4n) is 2.00. The van der Waals surface area contributed by atoms with Gasteiger partial charge in [-0.2, -0.15) is 0 Å². The Morgan fingerprint density at radius 2 is 1.76 bits per heavy atom. The lowest BCUT2D eigenvalue weighted by Gasteiger charge is -2.07. The van der Waals surface area contributed by atoms with Gasteiger partial charge in [0.25, 0.3) is 0 Å². The lowest BCUT2D eigenvalue weighted by Crippen LogP contribution is -2.17. The number of benzene rings is 2. The van der Waals surface area contributed by atoms with E-state index in [1.807, 2.05) is 49.4 Å². The highest BCUT2D eigenvalue weighted by molar-refractivity contribution is 5.74. The molecule has 2 aromatic carbocycles. The Morgan fingerprint density at radius 1 is 1.05 bits per heavy atom. The summed E-state index contributed by atoms with van der Waals surface area (Å²) in [4.78, 5) is 11.6. The third kappa shape index (κ3) is 5.69. The maximum absolute atomic E-state index is 11.6. The lowest BCUT2D eigenvalue weighted by atomic mass is 10.1. The van der Waals surface area contributed by atoms with Crippen molar-refractivity contribution >= 4 is 11.7 Å². The quantitative estimate of drug-likeness (QED) is 0.623. The van der Waals surface area contributed by atoms with Crippen molar-refractivity contribution in [3.63, 3.8) is 0 Å². The lowest BCUT2D eigenvalue weighted by molar-refractivity contribution is -0.141. The largest absolute Gasteiger partial charge is 0.464 e. The Balaban J connectivity index is 1.60. The zero-order chi connectivity index (χ0) is 14.9. The van der Waals surface area contributed by atoms with Gasteiger partial charge in [-0.25, -0.2) is 0 Å². The van der Waals surface area contributed by atoms with Crippen molar-refractivity contribution in [3.8, 4) is 0 Å². The number of aryl methyl sites for hydroxylation is 2. The molecule has 0 heterocycles. The van der Waals surface area contributed by atoms with E-state index in [0.29, 0.717) is 6.61 Å². The van der Waals surface area contributed by atoms with Gasteiger partial charge >= 0.3 is 5.97 Å². The zero-order valence-electron chi connectivity index (χ0n) is 12.3. The van der Waals surface area contributed by atoms with E-state index in [-0.39, 0.29) is 12.5 Å². The summed E-state index contributed by atoms with van der Waals surface area (Å²) in [5, 5.41) is 3.06. The highest BCUT2D eigenvalue weighted by Crippen LogP contribution is 2.08. The molecule has 0 spiro atoms. The van der Waals surface area contributed by atoms with Gasteiger partial charge in [-0.05, 0) is 37.5 Å². The monoisotopic (exact) mass is 283 g/mol. The van der Waals surface area contributed by atoms with Crippen LogP contribution >= 0.6 is 0 Å². The van der Waals surface area contributed by atoms with Crippen LogP contribution in [0.3, 0.4) is 0 Å². The topological polar surface area (TPSA) is 38.3 Å². The van der Waals surface area contributed by atoms with Gasteiger partial charge in [-0.3, -0.25) is 4.79 Å². The van der Waals surface area contributed by atoms with E-state index in [2.05, 4.69) is 17.4 Å². The molecule has 21 heavy (non-hydrogen) atoms. The molecule has 0 unspecified atom stereocenters. The Kier molecular flexibility index (Phi) is 5.83. The van der Waals surface area contributed by atoms with Crippen molar-refractivity contribution in [2.24, 2.45) is 0 Å². The average molecular weight is 283 g/mol. The minimum absolute atomic E-state index is 0.203. The summed E-state index contributed by atoms with van der Waals surface area (Å²) in [7, 11) is 0. The van der Waals surface area contributed by atoms with Gasteiger partial charge in [0.1, 0.15) is 6.54 Å². The summed E-state index contributed by atoms with van der Waals surface area (Å²) in [6.45, 7) is 2.70. The number of nitrogens with one attached hydrogen (secondary N) is 1. The molecule has 0 bridgehead atoms. The molecule has 0 saturated carbocycles. The van der Waals surface area contributed by atoms with Crippen molar-refractivity contribution in [1.82, 2.24) is 0 Å². The standard InChI is InChI=1S/C18H21NO2/c1-15-9-11-17(12-10-15)19-14-18(20)21-13-5-8-16-6-3-2-4-7-16/h2-4,6-7,9-12,19H,5,8,13-14H2,1H3. The second-order valence-electron chi connectivity index (χ2n) is 5.03. The van der Waals surface area contributed by atoms with Crippen molar-refractivity contribution in [2.75, 3.05) is 18.5 Å². The molecule has 3 heteroatoms. The molecule has 0 aliphatic heterocycles. The normalized spacial score (nSPS) is 10.1. The number of anilines is 1. The third-order valence-electron chi connectivity index (χ3n) is 3.20. The van der Waals surface area contributed by atoms with Crippen LogP contribution in [0.25, 0.3) is 0 Å². The minimum atomic E-state index is -0.219. The van der Waals surface area contributed by atoms with Crippen molar-refractivity contribution in [1.29, 1.82) is 0 Å². The second kappa shape index (κ2) is 8.10. The van der Waals surface area contributed by atoms with E-state index < -0.39 is 0 Å². The fourth-order valence-corrected chi connectivity index (χ4v) is 2.00. The fraction of sp³-hybridized carbons (Fsp3) is 0.278. The summed E-state index contributed by atoms with van der Waals surface area (Å²) < 4.78 is 5.21. The molecule has 110 valence electrons. The number of esters is 1. The molecular weight excluding hydrogens is 262 g/mol. The van der Waals surface area contributed by atoms with Gasteiger partial charge in [0.2, 0.25) is 0 Å². The number of hydrogen-bond acceptors (Lipinski definition) is 3. The van der Waals surface area contributed by atoms with Gasteiger partial charge < -0.3 is 10.1 Å².